The number of carbonyl (C=O) groups is 1. The van der Waals surface area contributed by atoms with Crippen LogP contribution >= 0.6 is 0 Å². The lowest BCUT2D eigenvalue weighted by Gasteiger charge is -2.19. The summed E-state index contributed by atoms with van der Waals surface area (Å²) in [5.74, 6) is 0.142. The number of likely N-dealkylation sites (N-methyl/N-ethyl adjacent to an activating group) is 1. The van der Waals surface area contributed by atoms with E-state index in [4.69, 9.17) is 5.26 Å². The van der Waals surface area contributed by atoms with E-state index >= 15 is 0 Å². The van der Waals surface area contributed by atoms with Crippen LogP contribution in [0.5, 0.6) is 5.75 Å². The van der Waals surface area contributed by atoms with Crippen molar-refractivity contribution in [1.82, 2.24) is 4.90 Å². The molecule has 0 saturated heterocycles. The van der Waals surface area contributed by atoms with E-state index < -0.39 is 0 Å². The van der Waals surface area contributed by atoms with Gasteiger partial charge in [0.2, 0.25) is 5.91 Å². The second kappa shape index (κ2) is 6.54. The molecule has 0 heterocycles. The monoisotopic (exact) mass is 232 g/mol. The highest BCUT2D eigenvalue weighted by atomic mass is 16.3. The first-order valence-corrected chi connectivity index (χ1v) is 5.60. The SMILES string of the molecule is CCN(CCC#N)C(=O)Cc1cccc(O)c1. The Morgan fingerprint density at radius 1 is 1.53 bits per heavy atom. The summed E-state index contributed by atoms with van der Waals surface area (Å²) in [6.45, 7) is 2.95. The molecule has 4 heteroatoms. The molecule has 0 atom stereocenters. The van der Waals surface area contributed by atoms with Crippen molar-refractivity contribution >= 4 is 5.91 Å². The van der Waals surface area contributed by atoms with Gasteiger partial charge in [-0.15, -0.1) is 0 Å². The average molecular weight is 232 g/mol. The molecule has 0 aliphatic carbocycles. The highest BCUT2D eigenvalue weighted by molar-refractivity contribution is 5.78. The summed E-state index contributed by atoms with van der Waals surface area (Å²) in [6.07, 6.45) is 0.604. The molecule has 0 spiro atoms. The van der Waals surface area contributed by atoms with E-state index in [9.17, 15) is 9.90 Å². The number of nitriles is 1. The van der Waals surface area contributed by atoms with Crippen molar-refractivity contribution in [3.8, 4) is 11.8 Å². The standard InChI is InChI=1S/C13H16N2O2/c1-2-15(8-4-7-14)13(17)10-11-5-3-6-12(16)9-11/h3,5-6,9,16H,2,4,8,10H2,1H3. The summed E-state index contributed by atoms with van der Waals surface area (Å²) in [4.78, 5) is 13.5. The number of phenolic OH excluding ortho intramolecular Hbond substituents is 1. The fourth-order valence-electron chi connectivity index (χ4n) is 1.60. The molecule has 4 nitrogen and oxygen atoms in total. The molecule has 0 fully saturated rings. The Balaban J connectivity index is 2.61. The van der Waals surface area contributed by atoms with Crippen LogP contribution in [0.4, 0.5) is 0 Å². The Morgan fingerprint density at radius 3 is 2.88 bits per heavy atom. The van der Waals surface area contributed by atoms with E-state index in [0.717, 1.165) is 5.56 Å². The second-order valence-electron chi connectivity index (χ2n) is 3.73. The third-order valence-electron chi connectivity index (χ3n) is 2.49. The maximum Gasteiger partial charge on any atom is 0.227 e. The molecule has 1 aromatic carbocycles. The Kier molecular flexibility index (Phi) is 5.02. The molecule has 1 rings (SSSR count). The topological polar surface area (TPSA) is 64.3 Å². The molecule has 0 radical (unpaired) electrons. The molecule has 0 saturated carbocycles. The van der Waals surface area contributed by atoms with E-state index in [2.05, 4.69) is 0 Å². The quantitative estimate of drug-likeness (QED) is 0.840. The van der Waals surface area contributed by atoms with Gasteiger partial charge in [-0.25, -0.2) is 0 Å². The number of aromatic hydroxyl groups is 1. The van der Waals surface area contributed by atoms with Crippen LogP contribution in [-0.4, -0.2) is 29.0 Å². The minimum absolute atomic E-state index is 0.0200. The minimum Gasteiger partial charge on any atom is -0.508 e. The van der Waals surface area contributed by atoms with Gasteiger partial charge in [0.25, 0.3) is 0 Å². The van der Waals surface area contributed by atoms with Crippen LogP contribution in [0.1, 0.15) is 18.9 Å². The lowest BCUT2D eigenvalue weighted by atomic mass is 10.1. The van der Waals surface area contributed by atoms with Gasteiger partial charge < -0.3 is 10.0 Å². The lowest BCUT2D eigenvalue weighted by Crippen LogP contribution is -2.32. The number of benzene rings is 1. The van der Waals surface area contributed by atoms with Gasteiger partial charge in [0.1, 0.15) is 5.75 Å². The first-order chi connectivity index (χ1) is 8.17. The van der Waals surface area contributed by atoms with Gasteiger partial charge in [0, 0.05) is 13.1 Å². The van der Waals surface area contributed by atoms with E-state index in [-0.39, 0.29) is 18.1 Å². The van der Waals surface area contributed by atoms with Gasteiger partial charge in [-0.1, -0.05) is 12.1 Å². The molecule has 0 aliphatic heterocycles. The van der Waals surface area contributed by atoms with Crippen LogP contribution in [0, 0.1) is 11.3 Å². The van der Waals surface area contributed by atoms with Crippen molar-refractivity contribution in [2.24, 2.45) is 0 Å². The van der Waals surface area contributed by atoms with E-state index in [1.165, 1.54) is 0 Å². The number of hydrogen-bond donors (Lipinski definition) is 1. The predicted octanol–water partition coefficient (Wildman–Crippen LogP) is 1.70. The van der Waals surface area contributed by atoms with Crippen LogP contribution in [0.15, 0.2) is 24.3 Å². The van der Waals surface area contributed by atoms with Crippen LogP contribution in [0.2, 0.25) is 0 Å². The van der Waals surface area contributed by atoms with Crippen LogP contribution < -0.4 is 0 Å². The van der Waals surface area contributed by atoms with E-state index in [0.29, 0.717) is 19.5 Å². The third kappa shape index (κ3) is 4.15. The van der Waals surface area contributed by atoms with E-state index in [1.807, 2.05) is 13.0 Å². The smallest absolute Gasteiger partial charge is 0.227 e. The van der Waals surface area contributed by atoms with Crippen LogP contribution in [-0.2, 0) is 11.2 Å². The molecule has 1 amide bonds. The minimum atomic E-state index is -0.0200. The lowest BCUT2D eigenvalue weighted by molar-refractivity contribution is -0.130. The van der Waals surface area contributed by atoms with Gasteiger partial charge in [0.05, 0.1) is 18.9 Å². The molecule has 0 aliphatic rings. The number of hydrogen-bond acceptors (Lipinski definition) is 3. The fraction of sp³-hybridized carbons (Fsp3) is 0.385. The van der Waals surface area contributed by atoms with Crippen molar-refractivity contribution < 1.29 is 9.90 Å². The van der Waals surface area contributed by atoms with Crippen LogP contribution in [0.25, 0.3) is 0 Å². The summed E-state index contributed by atoms with van der Waals surface area (Å²) in [7, 11) is 0. The maximum atomic E-state index is 11.9. The zero-order valence-corrected chi connectivity index (χ0v) is 9.89. The molecule has 1 aromatic rings. The molecular weight excluding hydrogens is 216 g/mol. The Morgan fingerprint density at radius 2 is 2.29 bits per heavy atom. The molecule has 1 N–H and O–H groups in total. The molecular formula is C13H16N2O2. The number of amides is 1. The van der Waals surface area contributed by atoms with E-state index in [1.54, 1.807) is 29.2 Å². The van der Waals surface area contributed by atoms with Gasteiger partial charge in [-0.2, -0.15) is 5.26 Å². The predicted molar refractivity (Wildman–Crippen MR) is 64.3 cm³/mol. The fourth-order valence-corrected chi connectivity index (χ4v) is 1.60. The van der Waals surface area contributed by atoms with Gasteiger partial charge in [0.15, 0.2) is 0 Å². The summed E-state index contributed by atoms with van der Waals surface area (Å²) >= 11 is 0. The molecule has 0 aromatic heterocycles. The number of nitrogens with zero attached hydrogens (tertiary/aromatic N) is 2. The number of carbonyl (C=O) groups excluding carboxylic acids is 1. The zero-order valence-electron chi connectivity index (χ0n) is 9.89. The molecule has 0 unspecified atom stereocenters. The van der Waals surface area contributed by atoms with Crippen molar-refractivity contribution in [3.63, 3.8) is 0 Å². The number of phenols is 1. The maximum absolute atomic E-state index is 11.9. The van der Waals surface area contributed by atoms with Gasteiger partial charge >= 0.3 is 0 Å². The van der Waals surface area contributed by atoms with Crippen molar-refractivity contribution in [3.05, 3.63) is 29.8 Å². The highest BCUT2D eigenvalue weighted by Crippen LogP contribution is 2.12. The van der Waals surface area contributed by atoms with Gasteiger partial charge in [-0.3, -0.25) is 4.79 Å². The van der Waals surface area contributed by atoms with Crippen molar-refractivity contribution in [2.75, 3.05) is 13.1 Å². The van der Waals surface area contributed by atoms with Gasteiger partial charge in [-0.05, 0) is 24.6 Å². The van der Waals surface area contributed by atoms with Crippen molar-refractivity contribution in [1.29, 1.82) is 5.26 Å². The molecule has 0 bridgehead atoms. The summed E-state index contributed by atoms with van der Waals surface area (Å²) in [6, 6.07) is 8.69. The summed E-state index contributed by atoms with van der Waals surface area (Å²) in [5.41, 5.74) is 0.783. The summed E-state index contributed by atoms with van der Waals surface area (Å²) in [5, 5.41) is 17.8. The van der Waals surface area contributed by atoms with Crippen molar-refractivity contribution in [2.45, 2.75) is 19.8 Å². The Labute approximate surface area is 101 Å². The Hall–Kier alpha value is -2.02. The molecule has 17 heavy (non-hydrogen) atoms. The van der Waals surface area contributed by atoms with Crippen LogP contribution in [0.3, 0.4) is 0 Å². The molecule has 90 valence electrons. The first-order valence-electron chi connectivity index (χ1n) is 5.60. The first kappa shape index (κ1) is 13.0. The summed E-state index contributed by atoms with van der Waals surface area (Å²) < 4.78 is 0. The second-order valence-corrected chi connectivity index (χ2v) is 3.73. The zero-order chi connectivity index (χ0) is 12.7. The Bertz CT molecular complexity index is 424. The number of rotatable bonds is 5. The largest absolute Gasteiger partial charge is 0.508 e. The third-order valence-corrected chi connectivity index (χ3v) is 2.49. The highest BCUT2D eigenvalue weighted by Gasteiger charge is 2.11. The normalized spacial score (nSPS) is 9.65. The average Bonchev–Trinajstić information content (AvgIpc) is 2.30.